The van der Waals surface area contributed by atoms with Crippen molar-refractivity contribution in [3.63, 3.8) is 0 Å². The van der Waals surface area contributed by atoms with Gasteiger partial charge in [-0.2, -0.15) is 0 Å². The quantitative estimate of drug-likeness (QED) is 0.904. The summed E-state index contributed by atoms with van der Waals surface area (Å²) in [4.78, 5) is 0. The second-order valence-electron chi connectivity index (χ2n) is 5.28. The summed E-state index contributed by atoms with van der Waals surface area (Å²) in [5.41, 5.74) is 3.59. The molecule has 0 aromatic heterocycles. The lowest BCUT2D eigenvalue weighted by molar-refractivity contribution is 0.173. The van der Waals surface area contributed by atoms with Gasteiger partial charge < -0.3 is 14.8 Å². The van der Waals surface area contributed by atoms with Crippen LogP contribution >= 0.6 is 0 Å². The molecular formula is C17H19NO2. The van der Waals surface area contributed by atoms with Crippen molar-refractivity contribution in [2.24, 2.45) is 0 Å². The van der Waals surface area contributed by atoms with E-state index in [0.29, 0.717) is 12.7 Å². The number of para-hydroxylation sites is 1. The summed E-state index contributed by atoms with van der Waals surface area (Å²) < 4.78 is 10.9. The van der Waals surface area contributed by atoms with Gasteiger partial charge in [0.1, 0.15) is 0 Å². The molecule has 0 unspecified atom stereocenters. The Morgan fingerprint density at radius 1 is 1.10 bits per heavy atom. The third-order valence-corrected chi connectivity index (χ3v) is 3.51. The van der Waals surface area contributed by atoms with E-state index in [9.17, 15) is 0 Å². The van der Waals surface area contributed by atoms with Crippen LogP contribution in [0.4, 0.5) is 5.69 Å². The first-order chi connectivity index (χ1) is 9.74. The maximum Gasteiger partial charge on any atom is 0.231 e. The molecule has 20 heavy (non-hydrogen) atoms. The average molecular weight is 269 g/mol. The molecule has 1 aliphatic heterocycles. The molecule has 3 rings (SSSR count). The molecule has 3 nitrogen and oxygen atoms in total. The maximum atomic E-state index is 5.52. The van der Waals surface area contributed by atoms with E-state index in [1.165, 1.54) is 5.56 Å². The van der Waals surface area contributed by atoms with Crippen molar-refractivity contribution >= 4 is 5.69 Å². The van der Waals surface area contributed by atoms with Crippen molar-refractivity contribution in [1.82, 2.24) is 0 Å². The van der Waals surface area contributed by atoms with Crippen LogP contribution in [0, 0.1) is 0 Å². The molecule has 0 atom stereocenters. The first-order valence-electron chi connectivity index (χ1n) is 6.95. The third kappa shape index (κ3) is 2.57. The molecular weight excluding hydrogens is 250 g/mol. The van der Waals surface area contributed by atoms with Gasteiger partial charge in [0.25, 0.3) is 0 Å². The van der Waals surface area contributed by atoms with Crippen LogP contribution in [0.1, 0.15) is 30.9 Å². The van der Waals surface area contributed by atoms with Crippen LogP contribution in [0.25, 0.3) is 0 Å². The third-order valence-electron chi connectivity index (χ3n) is 3.51. The van der Waals surface area contributed by atoms with Crippen molar-refractivity contribution in [2.75, 3.05) is 12.1 Å². The van der Waals surface area contributed by atoms with Gasteiger partial charge in [0.15, 0.2) is 11.5 Å². The van der Waals surface area contributed by atoms with Crippen molar-refractivity contribution in [3.8, 4) is 11.5 Å². The summed E-state index contributed by atoms with van der Waals surface area (Å²) in [6.45, 7) is 5.45. The zero-order valence-electron chi connectivity index (χ0n) is 11.8. The Hall–Kier alpha value is -2.16. The number of fused-ring (bicyclic) bond motifs is 1. The van der Waals surface area contributed by atoms with Crippen molar-refractivity contribution in [1.29, 1.82) is 0 Å². The molecule has 0 spiro atoms. The topological polar surface area (TPSA) is 30.5 Å². The Morgan fingerprint density at radius 2 is 1.95 bits per heavy atom. The fourth-order valence-corrected chi connectivity index (χ4v) is 2.33. The van der Waals surface area contributed by atoms with Crippen LogP contribution in [0.15, 0.2) is 42.5 Å². The van der Waals surface area contributed by atoms with E-state index >= 15 is 0 Å². The first-order valence-corrected chi connectivity index (χ1v) is 6.95. The van der Waals surface area contributed by atoms with E-state index in [1.54, 1.807) is 0 Å². The van der Waals surface area contributed by atoms with E-state index < -0.39 is 0 Å². The summed E-state index contributed by atoms with van der Waals surface area (Å²) in [6.07, 6.45) is 0. The molecule has 2 aromatic carbocycles. The highest BCUT2D eigenvalue weighted by Crippen LogP contribution is 2.35. The predicted molar refractivity (Wildman–Crippen MR) is 80.4 cm³/mol. The Morgan fingerprint density at radius 3 is 2.80 bits per heavy atom. The minimum atomic E-state index is 0.315. The van der Waals surface area contributed by atoms with E-state index in [4.69, 9.17) is 9.47 Å². The van der Waals surface area contributed by atoms with Crippen LogP contribution in [0.3, 0.4) is 0 Å². The fourth-order valence-electron chi connectivity index (χ4n) is 2.33. The molecule has 1 aliphatic rings. The molecule has 0 saturated heterocycles. The van der Waals surface area contributed by atoms with Crippen molar-refractivity contribution in [3.05, 3.63) is 53.6 Å². The van der Waals surface area contributed by atoms with Gasteiger partial charge in [-0.25, -0.2) is 0 Å². The van der Waals surface area contributed by atoms with E-state index in [2.05, 4.69) is 49.5 Å². The lowest BCUT2D eigenvalue weighted by Gasteiger charge is -2.11. The van der Waals surface area contributed by atoms with Gasteiger partial charge in [0.2, 0.25) is 6.79 Å². The highest BCUT2D eigenvalue weighted by Gasteiger charge is 2.16. The molecule has 1 N–H and O–H groups in total. The van der Waals surface area contributed by atoms with E-state index in [-0.39, 0.29) is 0 Å². The number of ether oxygens (including phenoxy) is 2. The Bertz CT molecular complexity index is 608. The average Bonchev–Trinajstić information content (AvgIpc) is 2.94. The first kappa shape index (κ1) is 12.9. The minimum absolute atomic E-state index is 0.315. The lowest BCUT2D eigenvalue weighted by atomic mass is 10.0. The zero-order chi connectivity index (χ0) is 13.9. The molecule has 2 aromatic rings. The van der Waals surface area contributed by atoms with Crippen molar-refractivity contribution in [2.45, 2.75) is 26.3 Å². The van der Waals surface area contributed by atoms with Gasteiger partial charge in [0.05, 0.1) is 0 Å². The molecule has 0 saturated carbocycles. The number of benzene rings is 2. The molecule has 0 fully saturated rings. The summed E-state index contributed by atoms with van der Waals surface area (Å²) in [7, 11) is 0. The van der Waals surface area contributed by atoms with Crippen LogP contribution in [-0.2, 0) is 6.54 Å². The van der Waals surface area contributed by atoms with Crippen LogP contribution in [-0.4, -0.2) is 6.79 Å². The normalized spacial score (nSPS) is 12.8. The minimum Gasteiger partial charge on any atom is -0.454 e. The largest absolute Gasteiger partial charge is 0.454 e. The second-order valence-corrected chi connectivity index (χ2v) is 5.28. The molecule has 3 heteroatoms. The summed E-state index contributed by atoms with van der Waals surface area (Å²) in [6, 6.07) is 14.5. The number of hydrogen-bond donors (Lipinski definition) is 1. The lowest BCUT2D eigenvalue weighted by Crippen LogP contribution is -2.02. The number of hydrogen-bond acceptors (Lipinski definition) is 3. The summed E-state index contributed by atoms with van der Waals surface area (Å²) >= 11 is 0. The number of anilines is 1. The fraction of sp³-hybridized carbons (Fsp3) is 0.294. The standard InChI is InChI=1S/C17H19NO2/c1-12(2)13-5-3-7-15(9-13)18-10-14-6-4-8-16-17(14)20-11-19-16/h3-9,12,18H,10-11H2,1-2H3. The second kappa shape index (κ2) is 5.45. The molecule has 0 amide bonds. The predicted octanol–water partition coefficient (Wildman–Crippen LogP) is 4.15. The van der Waals surface area contributed by atoms with Crippen LogP contribution < -0.4 is 14.8 Å². The monoisotopic (exact) mass is 269 g/mol. The summed E-state index contributed by atoms with van der Waals surface area (Å²) in [5, 5.41) is 3.45. The van der Waals surface area contributed by atoms with Crippen LogP contribution in [0.5, 0.6) is 11.5 Å². The summed E-state index contributed by atoms with van der Waals surface area (Å²) in [5.74, 6) is 2.23. The van der Waals surface area contributed by atoms with Gasteiger partial charge >= 0.3 is 0 Å². The molecule has 0 bridgehead atoms. The Balaban J connectivity index is 1.74. The zero-order valence-corrected chi connectivity index (χ0v) is 11.8. The van der Waals surface area contributed by atoms with Crippen LogP contribution in [0.2, 0.25) is 0 Å². The molecule has 0 radical (unpaired) electrons. The van der Waals surface area contributed by atoms with Gasteiger partial charge in [-0.3, -0.25) is 0 Å². The molecule has 0 aliphatic carbocycles. The van der Waals surface area contributed by atoms with Gasteiger partial charge in [-0.1, -0.05) is 38.1 Å². The van der Waals surface area contributed by atoms with E-state index in [1.807, 2.05) is 12.1 Å². The maximum absolute atomic E-state index is 5.52. The smallest absolute Gasteiger partial charge is 0.231 e. The van der Waals surface area contributed by atoms with Crippen molar-refractivity contribution < 1.29 is 9.47 Å². The van der Waals surface area contributed by atoms with E-state index in [0.717, 1.165) is 29.3 Å². The SMILES string of the molecule is CC(C)c1cccc(NCc2cccc3c2OCO3)c1. The van der Waals surface area contributed by atoms with Gasteiger partial charge in [-0.15, -0.1) is 0 Å². The Kier molecular flexibility index (Phi) is 3.50. The molecule has 104 valence electrons. The van der Waals surface area contributed by atoms with Gasteiger partial charge in [0, 0.05) is 17.8 Å². The number of rotatable bonds is 4. The Labute approximate surface area is 119 Å². The number of nitrogens with one attached hydrogen (secondary N) is 1. The highest BCUT2D eigenvalue weighted by atomic mass is 16.7. The van der Waals surface area contributed by atoms with Gasteiger partial charge in [-0.05, 0) is 29.7 Å². The highest BCUT2D eigenvalue weighted by molar-refractivity contribution is 5.51. The molecule has 1 heterocycles.